The molecule has 0 amide bonds. The summed E-state index contributed by atoms with van der Waals surface area (Å²) in [5, 5.41) is 0. The lowest BCUT2D eigenvalue weighted by atomic mass is 10.3. The van der Waals surface area contributed by atoms with Crippen LogP contribution in [0.15, 0.2) is 36.4 Å². The highest BCUT2D eigenvalue weighted by Crippen LogP contribution is 1.93. The summed E-state index contributed by atoms with van der Waals surface area (Å²) in [7, 11) is 0. The second-order valence-electron chi connectivity index (χ2n) is 2.55. The molecule has 13 heavy (non-hydrogen) atoms. The Morgan fingerprint density at radius 1 is 0.846 bits per heavy atom. The Hall–Kier alpha value is -0.140. The maximum atomic E-state index is 5.38. The second kappa shape index (κ2) is 14.4. The van der Waals surface area contributed by atoms with Crippen LogP contribution in [0.25, 0.3) is 0 Å². The highest BCUT2D eigenvalue weighted by molar-refractivity contribution is 7.59. The molecule has 0 saturated heterocycles. The molecule has 0 aliphatic heterocycles. The van der Waals surface area contributed by atoms with Gasteiger partial charge in [0.15, 0.2) is 0 Å². The lowest BCUT2D eigenvalue weighted by Gasteiger charge is -1.84. The van der Waals surface area contributed by atoms with Crippen LogP contribution in [0.2, 0.25) is 0 Å². The summed E-state index contributed by atoms with van der Waals surface area (Å²) < 4.78 is 0. The van der Waals surface area contributed by atoms with Crippen molar-refractivity contribution in [3.63, 3.8) is 0 Å². The molecule has 0 unspecified atom stereocenters. The van der Waals surface area contributed by atoms with Crippen LogP contribution in [0.5, 0.6) is 0 Å². The van der Waals surface area contributed by atoms with E-state index in [0.717, 1.165) is 5.88 Å². The standard InChI is InChI=1S/C6H6.C5H11Cl.H2S/c1-2-4-6-5-3-1;1-2-3-4-5-6;/h1-6H;2-5H2,1H3;1H2. The van der Waals surface area contributed by atoms with Gasteiger partial charge in [0.25, 0.3) is 0 Å². The molecule has 0 bridgehead atoms. The molecule has 2 heteroatoms. The van der Waals surface area contributed by atoms with Crippen molar-refractivity contribution in [1.29, 1.82) is 0 Å². The third-order valence-electron chi connectivity index (χ3n) is 1.40. The van der Waals surface area contributed by atoms with Gasteiger partial charge in [0.05, 0.1) is 0 Å². The number of halogens is 1. The number of benzene rings is 1. The minimum atomic E-state index is 0. The molecule has 1 rings (SSSR count). The molecular weight excluding hydrogens is 200 g/mol. The Morgan fingerprint density at radius 2 is 1.23 bits per heavy atom. The lowest BCUT2D eigenvalue weighted by molar-refractivity contribution is 0.776. The largest absolute Gasteiger partial charge is 0.197 e. The summed E-state index contributed by atoms with van der Waals surface area (Å²) in [6, 6.07) is 12.0. The van der Waals surface area contributed by atoms with Crippen LogP contribution in [0.1, 0.15) is 26.2 Å². The van der Waals surface area contributed by atoms with Gasteiger partial charge in [-0.3, -0.25) is 0 Å². The van der Waals surface area contributed by atoms with Gasteiger partial charge in [0.2, 0.25) is 0 Å². The zero-order valence-corrected chi connectivity index (χ0v) is 9.93. The molecule has 0 nitrogen and oxygen atoms in total. The first kappa shape index (κ1) is 15.3. The van der Waals surface area contributed by atoms with E-state index in [2.05, 4.69) is 6.92 Å². The number of unbranched alkanes of at least 4 members (excludes halogenated alkanes) is 2. The van der Waals surface area contributed by atoms with E-state index < -0.39 is 0 Å². The average molecular weight is 219 g/mol. The fourth-order valence-electron chi connectivity index (χ4n) is 0.729. The van der Waals surface area contributed by atoms with Crippen molar-refractivity contribution in [2.75, 3.05) is 5.88 Å². The third-order valence-corrected chi connectivity index (χ3v) is 1.67. The van der Waals surface area contributed by atoms with Crippen molar-refractivity contribution < 1.29 is 0 Å². The molecule has 0 atom stereocenters. The lowest BCUT2D eigenvalue weighted by Crippen LogP contribution is -1.70. The predicted molar refractivity (Wildman–Crippen MR) is 67.1 cm³/mol. The van der Waals surface area contributed by atoms with E-state index in [4.69, 9.17) is 11.6 Å². The van der Waals surface area contributed by atoms with Crippen molar-refractivity contribution in [1.82, 2.24) is 0 Å². The monoisotopic (exact) mass is 218 g/mol. The first-order valence-electron chi connectivity index (χ1n) is 4.47. The molecule has 76 valence electrons. The topological polar surface area (TPSA) is 0 Å². The van der Waals surface area contributed by atoms with Crippen molar-refractivity contribution >= 4 is 25.1 Å². The predicted octanol–water partition coefficient (Wildman–Crippen LogP) is 4.21. The van der Waals surface area contributed by atoms with E-state index in [1.54, 1.807) is 0 Å². The molecule has 1 aromatic carbocycles. The van der Waals surface area contributed by atoms with Crippen LogP contribution >= 0.6 is 25.1 Å². The number of alkyl halides is 1. The normalized spacial score (nSPS) is 7.85. The molecule has 0 aliphatic carbocycles. The van der Waals surface area contributed by atoms with Gasteiger partial charge in [-0.25, -0.2) is 0 Å². The molecule has 0 aliphatic rings. The molecule has 1 aromatic rings. The maximum absolute atomic E-state index is 5.38. The van der Waals surface area contributed by atoms with Crippen molar-refractivity contribution in [2.24, 2.45) is 0 Å². The molecule has 0 aromatic heterocycles. The summed E-state index contributed by atoms with van der Waals surface area (Å²) in [5.74, 6) is 0.827. The van der Waals surface area contributed by atoms with E-state index >= 15 is 0 Å². The average Bonchev–Trinajstić information content (AvgIpc) is 2.18. The maximum Gasteiger partial charge on any atom is 0.0223 e. The Bertz CT molecular complexity index is 123. The van der Waals surface area contributed by atoms with Gasteiger partial charge in [0.1, 0.15) is 0 Å². The minimum Gasteiger partial charge on any atom is -0.197 e. The molecule has 0 N–H and O–H groups in total. The second-order valence-corrected chi connectivity index (χ2v) is 2.93. The summed E-state index contributed by atoms with van der Waals surface area (Å²) in [5.41, 5.74) is 0. The Morgan fingerprint density at radius 3 is 1.38 bits per heavy atom. The van der Waals surface area contributed by atoms with Crippen LogP contribution in [0, 0.1) is 0 Å². The van der Waals surface area contributed by atoms with Crippen molar-refractivity contribution in [3.8, 4) is 0 Å². The van der Waals surface area contributed by atoms with E-state index in [9.17, 15) is 0 Å². The van der Waals surface area contributed by atoms with Gasteiger partial charge in [-0.1, -0.05) is 56.2 Å². The Kier molecular flexibility index (Phi) is 17.0. The fraction of sp³-hybridized carbons (Fsp3) is 0.455. The molecular formula is C11H19ClS. The zero-order valence-electron chi connectivity index (χ0n) is 8.17. The van der Waals surface area contributed by atoms with Gasteiger partial charge in [-0.05, 0) is 6.42 Å². The highest BCUT2D eigenvalue weighted by Gasteiger charge is 1.76. The minimum absolute atomic E-state index is 0. The van der Waals surface area contributed by atoms with Gasteiger partial charge < -0.3 is 0 Å². The first-order valence-corrected chi connectivity index (χ1v) is 5.01. The Labute approximate surface area is 93.8 Å². The molecule has 0 saturated carbocycles. The molecule has 0 radical (unpaired) electrons. The third kappa shape index (κ3) is 14.7. The van der Waals surface area contributed by atoms with Gasteiger partial charge in [0, 0.05) is 5.88 Å². The van der Waals surface area contributed by atoms with Crippen molar-refractivity contribution in [3.05, 3.63) is 36.4 Å². The van der Waals surface area contributed by atoms with Crippen LogP contribution in [0.3, 0.4) is 0 Å². The van der Waals surface area contributed by atoms with Gasteiger partial charge in [-0.15, -0.1) is 11.6 Å². The number of hydrogen-bond donors (Lipinski definition) is 0. The zero-order chi connectivity index (χ0) is 9.07. The first-order chi connectivity index (χ1) is 5.91. The molecule has 0 heterocycles. The highest BCUT2D eigenvalue weighted by atomic mass is 35.5. The summed E-state index contributed by atoms with van der Waals surface area (Å²) in [4.78, 5) is 0. The Balaban J connectivity index is 0. The van der Waals surface area contributed by atoms with Gasteiger partial charge >= 0.3 is 0 Å². The molecule has 0 spiro atoms. The van der Waals surface area contributed by atoms with Crippen LogP contribution in [-0.2, 0) is 0 Å². The van der Waals surface area contributed by atoms with Crippen molar-refractivity contribution in [2.45, 2.75) is 26.2 Å². The van der Waals surface area contributed by atoms with E-state index in [0.29, 0.717) is 0 Å². The quantitative estimate of drug-likeness (QED) is 0.527. The van der Waals surface area contributed by atoms with Crippen LogP contribution < -0.4 is 0 Å². The van der Waals surface area contributed by atoms with E-state index in [1.807, 2.05) is 36.4 Å². The summed E-state index contributed by atoms with van der Waals surface area (Å²) in [6.07, 6.45) is 3.73. The smallest absolute Gasteiger partial charge is 0.0223 e. The van der Waals surface area contributed by atoms with Crippen LogP contribution in [0.4, 0.5) is 0 Å². The number of hydrogen-bond acceptors (Lipinski definition) is 0. The number of rotatable bonds is 3. The summed E-state index contributed by atoms with van der Waals surface area (Å²) >= 11 is 5.38. The van der Waals surface area contributed by atoms with Crippen LogP contribution in [-0.4, -0.2) is 5.88 Å². The van der Waals surface area contributed by atoms with E-state index in [1.165, 1.54) is 19.3 Å². The summed E-state index contributed by atoms with van der Waals surface area (Å²) in [6.45, 7) is 2.17. The SMILES string of the molecule is CCCCCCl.S.c1ccccc1. The van der Waals surface area contributed by atoms with Gasteiger partial charge in [-0.2, -0.15) is 13.5 Å². The molecule has 0 fully saturated rings. The fourth-order valence-corrected chi connectivity index (χ4v) is 0.918. The van der Waals surface area contributed by atoms with E-state index in [-0.39, 0.29) is 13.5 Å².